The topological polar surface area (TPSA) is 134 Å². The Labute approximate surface area is 232 Å². The minimum atomic E-state index is -1.12. The molecule has 0 saturated carbocycles. The number of aryl methyl sites for hydroxylation is 1. The minimum absolute atomic E-state index is 0.0162. The van der Waals surface area contributed by atoms with Crippen molar-refractivity contribution in [3.8, 4) is 5.75 Å². The fourth-order valence-electron chi connectivity index (χ4n) is 4.00. The lowest BCUT2D eigenvalue weighted by Crippen LogP contribution is -2.60. The smallest absolute Gasteiger partial charge is 0.408 e. The lowest BCUT2D eigenvalue weighted by atomic mass is 9.91. The van der Waals surface area contributed by atoms with Crippen LogP contribution < -0.4 is 10.6 Å². The number of ether oxygens (including phenoxy) is 2. The van der Waals surface area contributed by atoms with Gasteiger partial charge in [0.2, 0.25) is 11.8 Å². The SMILES string of the molecule is CCOC(=O)CCNC(=O)C(c1ccc(O)c(C)c1)N(C(=O)C(NC(=O)OC(C)(C)C)C(C)CC)C(C)(C)C. The van der Waals surface area contributed by atoms with Crippen molar-refractivity contribution in [3.63, 3.8) is 0 Å². The number of aromatic hydroxyl groups is 1. The third-order valence-electron chi connectivity index (χ3n) is 6.09. The number of rotatable bonds is 11. The Bertz CT molecular complexity index is 1010. The van der Waals surface area contributed by atoms with Crippen molar-refractivity contribution in [2.45, 2.75) is 105 Å². The summed E-state index contributed by atoms with van der Waals surface area (Å²) in [7, 11) is 0. The monoisotopic (exact) mass is 549 g/mol. The van der Waals surface area contributed by atoms with E-state index in [-0.39, 0.29) is 31.2 Å². The summed E-state index contributed by atoms with van der Waals surface area (Å²) in [5, 5.41) is 15.6. The van der Waals surface area contributed by atoms with Gasteiger partial charge in [0.05, 0.1) is 13.0 Å². The highest BCUT2D eigenvalue weighted by Gasteiger charge is 2.43. The molecule has 0 radical (unpaired) electrons. The number of benzene rings is 1. The second kappa shape index (κ2) is 14.2. The molecule has 0 saturated heterocycles. The van der Waals surface area contributed by atoms with Crippen molar-refractivity contribution in [2.75, 3.05) is 13.2 Å². The molecule has 10 nitrogen and oxygen atoms in total. The van der Waals surface area contributed by atoms with Crippen LogP contribution in [0.5, 0.6) is 5.75 Å². The summed E-state index contributed by atoms with van der Waals surface area (Å²) in [4.78, 5) is 54.0. The maximum atomic E-state index is 14.3. The lowest BCUT2D eigenvalue weighted by molar-refractivity contribution is -0.150. The number of phenols is 1. The first-order valence-corrected chi connectivity index (χ1v) is 13.5. The van der Waals surface area contributed by atoms with Crippen LogP contribution in [0.4, 0.5) is 4.79 Å². The van der Waals surface area contributed by atoms with Crippen LogP contribution >= 0.6 is 0 Å². The van der Waals surface area contributed by atoms with E-state index in [2.05, 4.69) is 10.6 Å². The van der Waals surface area contributed by atoms with Crippen molar-refractivity contribution >= 4 is 23.9 Å². The largest absolute Gasteiger partial charge is 0.508 e. The van der Waals surface area contributed by atoms with Gasteiger partial charge in [-0.05, 0) is 84.6 Å². The van der Waals surface area contributed by atoms with Crippen molar-refractivity contribution in [3.05, 3.63) is 29.3 Å². The summed E-state index contributed by atoms with van der Waals surface area (Å²) in [6.07, 6.45) is -0.176. The predicted octanol–water partition coefficient (Wildman–Crippen LogP) is 4.38. The molecule has 0 aliphatic carbocycles. The molecule has 0 fully saturated rings. The van der Waals surface area contributed by atoms with Gasteiger partial charge < -0.3 is 30.1 Å². The molecule has 0 aliphatic heterocycles. The van der Waals surface area contributed by atoms with Crippen molar-refractivity contribution in [2.24, 2.45) is 5.92 Å². The summed E-state index contributed by atoms with van der Waals surface area (Å²) < 4.78 is 10.4. The number of alkyl carbamates (subject to hydrolysis) is 1. The zero-order chi connectivity index (χ0) is 30.1. The van der Waals surface area contributed by atoms with Crippen LogP contribution in [0.25, 0.3) is 0 Å². The Morgan fingerprint density at radius 3 is 2.15 bits per heavy atom. The number of amides is 3. The van der Waals surface area contributed by atoms with Crippen molar-refractivity contribution in [1.29, 1.82) is 0 Å². The van der Waals surface area contributed by atoms with E-state index in [1.54, 1.807) is 67.5 Å². The molecule has 0 aliphatic rings. The molecule has 0 spiro atoms. The van der Waals surface area contributed by atoms with Crippen molar-refractivity contribution in [1.82, 2.24) is 15.5 Å². The third-order valence-corrected chi connectivity index (χ3v) is 6.09. The van der Waals surface area contributed by atoms with Gasteiger partial charge in [-0.15, -0.1) is 0 Å². The molecule has 3 atom stereocenters. The van der Waals surface area contributed by atoms with Gasteiger partial charge in [0.1, 0.15) is 23.4 Å². The Hall–Kier alpha value is -3.30. The molecular formula is C29H47N3O7. The molecule has 220 valence electrons. The predicted molar refractivity (Wildman–Crippen MR) is 149 cm³/mol. The zero-order valence-electron chi connectivity index (χ0n) is 25.1. The molecule has 1 aromatic carbocycles. The van der Waals surface area contributed by atoms with Crippen LogP contribution in [0.3, 0.4) is 0 Å². The molecule has 10 heteroatoms. The van der Waals surface area contributed by atoms with Gasteiger partial charge in [0.15, 0.2) is 0 Å². The molecule has 3 N–H and O–H groups in total. The van der Waals surface area contributed by atoms with Gasteiger partial charge >= 0.3 is 12.1 Å². The van der Waals surface area contributed by atoms with Crippen molar-refractivity contribution < 1.29 is 33.8 Å². The highest BCUT2D eigenvalue weighted by molar-refractivity contribution is 5.93. The molecule has 39 heavy (non-hydrogen) atoms. The standard InChI is InChI=1S/C29H47N3O7/c1-11-18(3)23(31-27(37)39-29(8,9)10)26(36)32(28(5,6)7)24(20-13-14-21(33)19(4)17-20)25(35)30-16-15-22(34)38-12-2/h13-14,17-18,23-24,33H,11-12,15-16H2,1-10H3,(H,30,35)(H,31,37). The molecule has 3 amide bonds. The number of carbonyl (C=O) groups is 4. The second-order valence-electron chi connectivity index (χ2n) is 11.7. The molecule has 0 heterocycles. The van der Waals surface area contributed by atoms with Crippen LogP contribution in [0.2, 0.25) is 0 Å². The maximum absolute atomic E-state index is 14.3. The maximum Gasteiger partial charge on any atom is 0.408 e. The van der Waals surface area contributed by atoms with E-state index in [1.165, 1.54) is 11.0 Å². The number of esters is 1. The van der Waals surface area contributed by atoms with E-state index in [1.807, 2.05) is 13.8 Å². The Morgan fingerprint density at radius 1 is 1.05 bits per heavy atom. The van der Waals surface area contributed by atoms with E-state index >= 15 is 0 Å². The number of phenolic OH excluding ortho intramolecular Hbond substituents is 1. The van der Waals surface area contributed by atoms with E-state index in [0.717, 1.165) is 0 Å². The highest BCUT2D eigenvalue weighted by atomic mass is 16.6. The van der Waals surface area contributed by atoms with Crippen LogP contribution in [0, 0.1) is 12.8 Å². The minimum Gasteiger partial charge on any atom is -0.508 e. The molecule has 3 unspecified atom stereocenters. The fourth-order valence-corrected chi connectivity index (χ4v) is 4.00. The zero-order valence-corrected chi connectivity index (χ0v) is 25.1. The average Bonchev–Trinajstić information content (AvgIpc) is 2.80. The number of hydrogen-bond acceptors (Lipinski definition) is 7. The lowest BCUT2D eigenvalue weighted by Gasteiger charge is -2.44. The second-order valence-corrected chi connectivity index (χ2v) is 11.7. The number of nitrogens with zero attached hydrogens (tertiary/aromatic N) is 1. The molecular weight excluding hydrogens is 502 g/mol. The molecule has 1 rings (SSSR count). The van der Waals surface area contributed by atoms with E-state index in [9.17, 15) is 24.3 Å². The van der Waals surface area contributed by atoms with Gasteiger partial charge in [-0.3, -0.25) is 14.4 Å². The molecule has 0 bridgehead atoms. The third kappa shape index (κ3) is 10.4. The summed E-state index contributed by atoms with van der Waals surface area (Å²) in [5.41, 5.74) is -0.624. The first-order valence-electron chi connectivity index (χ1n) is 13.5. The van der Waals surface area contributed by atoms with Gasteiger partial charge in [-0.1, -0.05) is 26.3 Å². The van der Waals surface area contributed by atoms with Crippen LogP contribution in [-0.2, 0) is 23.9 Å². The van der Waals surface area contributed by atoms with E-state index < -0.39 is 47.1 Å². The normalized spacial score (nSPS) is 14.0. The van der Waals surface area contributed by atoms with Gasteiger partial charge in [0.25, 0.3) is 0 Å². The van der Waals surface area contributed by atoms with Crippen LogP contribution in [-0.4, -0.2) is 64.2 Å². The molecule has 0 aromatic heterocycles. The highest BCUT2D eigenvalue weighted by Crippen LogP contribution is 2.33. The average molecular weight is 550 g/mol. The first kappa shape index (κ1) is 33.7. The fraction of sp³-hybridized carbons (Fsp3) is 0.655. The molecule has 1 aromatic rings. The van der Waals surface area contributed by atoms with Gasteiger partial charge in [-0.25, -0.2) is 4.79 Å². The van der Waals surface area contributed by atoms with Gasteiger partial charge in [-0.2, -0.15) is 0 Å². The Morgan fingerprint density at radius 2 is 1.67 bits per heavy atom. The van der Waals surface area contributed by atoms with Gasteiger partial charge in [0, 0.05) is 12.1 Å². The number of nitrogens with one attached hydrogen (secondary N) is 2. The summed E-state index contributed by atoms with van der Waals surface area (Å²) in [5.74, 6) is -1.63. The number of carbonyl (C=O) groups excluding carboxylic acids is 4. The Kier molecular flexibility index (Phi) is 12.3. The number of hydrogen-bond donors (Lipinski definition) is 3. The van der Waals surface area contributed by atoms with Crippen LogP contribution in [0.1, 0.15) is 92.3 Å². The van der Waals surface area contributed by atoms with Crippen LogP contribution in [0.15, 0.2) is 18.2 Å². The van der Waals surface area contributed by atoms with E-state index in [4.69, 9.17) is 9.47 Å². The van der Waals surface area contributed by atoms with E-state index in [0.29, 0.717) is 17.5 Å². The summed E-state index contributed by atoms with van der Waals surface area (Å²) in [6.45, 7) is 18.0. The first-order chi connectivity index (χ1) is 17.9. The quantitative estimate of drug-likeness (QED) is 0.349. The summed E-state index contributed by atoms with van der Waals surface area (Å²) in [6, 6.07) is 2.61. The summed E-state index contributed by atoms with van der Waals surface area (Å²) >= 11 is 0. The Balaban J connectivity index is 3.56.